The Kier molecular flexibility index (Phi) is 4.64. The molecular weight excluding hydrogens is 262 g/mol. The molecule has 0 bridgehead atoms. The highest BCUT2D eigenvalue weighted by atomic mass is 32.1. The topological polar surface area (TPSA) is 77.0 Å². The molecule has 2 aromatic heterocycles. The van der Waals surface area contributed by atoms with E-state index in [-0.39, 0.29) is 12.5 Å². The average molecular weight is 279 g/mol. The van der Waals surface area contributed by atoms with Crippen LogP contribution in [-0.2, 0) is 24.3 Å². The highest BCUT2D eigenvalue weighted by Gasteiger charge is 2.11. The van der Waals surface area contributed by atoms with Gasteiger partial charge < -0.3 is 10.6 Å². The zero-order valence-corrected chi connectivity index (χ0v) is 11.6. The lowest BCUT2D eigenvalue weighted by molar-refractivity contribution is -0.130. The van der Waals surface area contributed by atoms with E-state index in [0.29, 0.717) is 18.8 Å². The van der Waals surface area contributed by atoms with E-state index >= 15 is 0 Å². The molecule has 0 aromatic carbocycles. The summed E-state index contributed by atoms with van der Waals surface area (Å²) in [6.07, 6.45) is 2.58. The normalized spacial score (nSPS) is 10.6. The van der Waals surface area contributed by atoms with E-state index < -0.39 is 0 Å². The van der Waals surface area contributed by atoms with Gasteiger partial charge in [0.25, 0.3) is 0 Å². The summed E-state index contributed by atoms with van der Waals surface area (Å²) in [5.41, 5.74) is 6.13. The molecule has 0 atom stereocenters. The van der Waals surface area contributed by atoms with Crippen LogP contribution in [0.5, 0.6) is 0 Å². The van der Waals surface area contributed by atoms with Gasteiger partial charge in [-0.15, -0.1) is 16.4 Å². The molecule has 6 nitrogen and oxygen atoms in total. The first-order valence-electron chi connectivity index (χ1n) is 6.04. The summed E-state index contributed by atoms with van der Waals surface area (Å²) in [6.45, 7) is 1.24. The van der Waals surface area contributed by atoms with E-state index in [1.165, 1.54) is 9.56 Å². The molecule has 1 amide bonds. The number of carbonyl (C=O) groups excluding carboxylic acids is 1. The van der Waals surface area contributed by atoms with Crippen LogP contribution in [0.15, 0.2) is 23.7 Å². The molecule has 0 spiro atoms. The maximum absolute atomic E-state index is 12.0. The Morgan fingerprint density at radius 2 is 2.42 bits per heavy atom. The van der Waals surface area contributed by atoms with Crippen molar-refractivity contribution in [2.75, 3.05) is 13.6 Å². The van der Waals surface area contributed by atoms with E-state index in [0.717, 1.165) is 6.42 Å². The standard InChI is InChI=1S/C12H17N5OS/c1-16(5-4-11-3-2-6-19-11)12(18)9-17-8-10(7-13)14-15-17/h2-3,6,8H,4-5,7,9,13H2,1H3. The second-order valence-electron chi connectivity index (χ2n) is 4.26. The molecule has 0 aliphatic carbocycles. The minimum atomic E-state index is 0.0185. The third-order valence-corrected chi connectivity index (χ3v) is 3.73. The Balaban J connectivity index is 1.81. The monoisotopic (exact) mass is 279 g/mol. The Hall–Kier alpha value is -1.73. The van der Waals surface area contributed by atoms with Crippen molar-refractivity contribution in [1.29, 1.82) is 0 Å². The molecule has 2 aromatic rings. The van der Waals surface area contributed by atoms with Crippen LogP contribution in [0.25, 0.3) is 0 Å². The van der Waals surface area contributed by atoms with E-state index in [1.54, 1.807) is 29.5 Å². The summed E-state index contributed by atoms with van der Waals surface area (Å²) in [6, 6.07) is 4.10. The van der Waals surface area contributed by atoms with Gasteiger partial charge >= 0.3 is 0 Å². The van der Waals surface area contributed by atoms with Gasteiger partial charge in [-0.05, 0) is 17.9 Å². The van der Waals surface area contributed by atoms with Gasteiger partial charge in [0, 0.05) is 25.0 Å². The second-order valence-corrected chi connectivity index (χ2v) is 5.29. The van der Waals surface area contributed by atoms with E-state index in [1.807, 2.05) is 11.4 Å². The summed E-state index contributed by atoms with van der Waals surface area (Å²) >= 11 is 1.71. The fraction of sp³-hybridized carbons (Fsp3) is 0.417. The van der Waals surface area contributed by atoms with Crippen molar-refractivity contribution in [2.24, 2.45) is 5.73 Å². The van der Waals surface area contributed by atoms with E-state index in [9.17, 15) is 4.79 Å². The largest absolute Gasteiger partial charge is 0.344 e. The summed E-state index contributed by atoms with van der Waals surface area (Å²) in [7, 11) is 1.80. The fourth-order valence-electron chi connectivity index (χ4n) is 1.63. The van der Waals surface area contributed by atoms with Crippen LogP contribution in [0, 0.1) is 0 Å². The molecule has 0 aliphatic heterocycles. The zero-order valence-electron chi connectivity index (χ0n) is 10.8. The molecule has 19 heavy (non-hydrogen) atoms. The van der Waals surface area contributed by atoms with Crippen molar-refractivity contribution in [3.8, 4) is 0 Å². The summed E-state index contributed by atoms with van der Waals surface area (Å²) in [4.78, 5) is 15.0. The number of thiophene rings is 1. The van der Waals surface area contributed by atoms with Gasteiger partial charge in [0.15, 0.2) is 0 Å². The number of amides is 1. The SMILES string of the molecule is CN(CCc1cccs1)C(=O)Cn1cc(CN)nn1. The second kappa shape index (κ2) is 6.44. The predicted molar refractivity (Wildman–Crippen MR) is 73.6 cm³/mol. The molecular formula is C12H17N5OS. The zero-order chi connectivity index (χ0) is 13.7. The fourth-order valence-corrected chi connectivity index (χ4v) is 2.32. The highest BCUT2D eigenvalue weighted by molar-refractivity contribution is 7.09. The lowest BCUT2D eigenvalue weighted by Crippen LogP contribution is -2.32. The molecule has 0 saturated heterocycles. The predicted octanol–water partition coefficient (Wildman–Crippen LogP) is 0.499. The number of nitrogens with zero attached hydrogens (tertiary/aromatic N) is 4. The van der Waals surface area contributed by atoms with Gasteiger partial charge in [-0.25, -0.2) is 4.68 Å². The van der Waals surface area contributed by atoms with Crippen LogP contribution in [0.3, 0.4) is 0 Å². The molecule has 0 unspecified atom stereocenters. The van der Waals surface area contributed by atoms with Crippen molar-refractivity contribution >= 4 is 17.2 Å². The first-order chi connectivity index (χ1) is 9.19. The molecule has 2 N–H and O–H groups in total. The minimum Gasteiger partial charge on any atom is -0.344 e. The number of nitrogens with two attached hydrogens (primary N) is 1. The number of aromatic nitrogens is 3. The van der Waals surface area contributed by atoms with Gasteiger partial charge in [0.2, 0.25) is 5.91 Å². The van der Waals surface area contributed by atoms with Gasteiger partial charge in [-0.2, -0.15) is 0 Å². The minimum absolute atomic E-state index is 0.0185. The van der Waals surface area contributed by atoms with Crippen molar-refractivity contribution in [3.05, 3.63) is 34.3 Å². The van der Waals surface area contributed by atoms with Crippen LogP contribution >= 0.6 is 11.3 Å². The van der Waals surface area contributed by atoms with Crippen LogP contribution in [-0.4, -0.2) is 39.4 Å². The van der Waals surface area contributed by atoms with Gasteiger partial charge in [-0.1, -0.05) is 11.3 Å². The molecule has 7 heteroatoms. The highest BCUT2D eigenvalue weighted by Crippen LogP contribution is 2.09. The average Bonchev–Trinajstić information content (AvgIpc) is 3.06. The van der Waals surface area contributed by atoms with Crippen LogP contribution in [0.1, 0.15) is 10.6 Å². The number of rotatable bonds is 6. The third-order valence-electron chi connectivity index (χ3n) is 2.79. The lowest BCUT2D eigenvalue weighted by atomic mass is 10.3. The summed E-state index contributed by atoms with van der Waals surface area (Å²) < 4.78 is 1.52. The van der Waals surface area contributed by atoms with Crippen molar-refractivity contribution in [3.63, 3.8) is 0 Å². The Bertz CT molecular complexity index is 522. The van der Waals surface area contributed by atoms with Gasteiger partial charge in [0.05, 0.1) is 11.9 Å². The molecule has 2 heterocycles. The molecule has 2 rings (SSSR count). The number of likely N-dealkylation sites (N-methyl/N-ethyl adjacent to an activating group) is 1. The Morgan fingerprint density at radius 3 is 3.05 bits per heavy atom. The van der Waals surface area contributed by atoms with E-state index in [4.69, 9.17) is 5.73 Å². The van der Waals surface area contributed by atoms with Crippen LogP contribution in [0.4, 0.5) is 0 Å². The molecule has 0 radical (unpaired) electrons. The quantitative estimate of drug-likeness (QED) is 0.835. The van der Waals surface area contributed by atoms with Crippen molar-refractivity contribution in [2.45, 2.75) is 19.5 Å². The maximum Gasteiger partial charge on any atom is 0.244 e. The van der Waals surface area contributed by atoms with Crippen molar-refractivity contribution < 1.29 is 4.79 Å². The van der Waals surface area contributed by atoms with E-state index in [2.05, 4.69) is 16.4 Å². The third kappa shape index (κ3) is 3.87. The number of hydrogen-bond acceptors (Lipinski definition) is 5. The maximum atomic E-state index is 12.0. The van der Waals surface area contributed by atoms with Crippen molar-refractivity contribution in [1.82, 2.24) is 19.9 Å². The molecule has 0 aliphatic rings. The lowest BCUT2D eigenvalue weighted by Gasteiger charge is -2.16. The van der Waals surface area contributed by atoms with Gasteiger partial charge in [-0.3, -0.25) is 4.79 Å². The van der Waals surface area contributed by atoms with Crippen LogP contribution in [0.2, 0.25) is 0 Å². The Morgan fingerprint density at radius 1 is 1.58 bits per heavy atom. The summed E-state index contributed by atoms with van der Waals surface area (Å²) in [5, 5.41) is 9.76. The molecule has 102 valence electrons. The number of hydrogen-bond donors (Lipinski definition) is 1. The smallest absolute Gasteiger partial charge is 0.244 e. The number of carbonyl (C=O) groups is 1. The molecule has 0 fully saturated rings. The molecule has 0 saturated carbocycles. The summed E-state index contributed by atoms with van der Waals surface area (Å²) in [5.74, 6) is 0.0185. The first-order valence-corrected chi connectivity index (χ1v) is 6.92. The first kappa shape index (κ1) is 13.7. The van der Waals surface area contributed by atoms with Gasteiger partial charge in [0.1, 0.15) is 6.54 Å². The van der Waals surface area contributed by atoms with Crippen LogP contribution < -0.4 is 5.73 Å². The Labute approximate surface area is 115 Å².